The van der Waals surface area contributed by atoms with Gasteiger partial charge in [0, 0.05) is 29.7 Å². The highest BCUT2D eigenvalue weighted by Gasteiger charge is 2.19. The van der Waals surface area contributed by atoms with E-state index in [1.54, 1.807) is 12.1 Å². The maximum Gasteiger partial charge on any atom is 0.335 e. The molecule has 0 radical (unpaired) electrons. The highest BCUT2D eigenvalue weighted by molar-refractivity contribution is 7.93. The minimum Gasteiger partial charge on any atom is -0.478 e. The van der Waals surface area contributed by atoms with Crippen molar-refractivity contribution >= 4 is 32.6 Å². The van der Waals surface area contributed by atoms with Crippen LogP contribution in [0.25, 0.3) is 10.9 Å². The Hall–Kier alpha value is -3.00. The van der Waals surface area contributed by atoms with Crippen LogP contribution in [-0.2, 0) is 10.0 Å². The van der Waals surface area contributed by atoms with E-state index in [-0.39, 0.29) is 16.1 Å². The van der Waals surface area contributed by atoms with Crippen LogP contribution in [0.3, 0.4) is 0 Å². The quantitative estimate of drug-likeness (QED) is 0.759. The molecule has 0 spiro atoms. The van der Waals surface area contributed by atoms with Gasteiger partial charge in [-0.05, 0) is 36.4 Å². The van der Waals surface area contributed by atoms with Crippen molar-refractivity contribution in [3.05, 3.63) is 60.6 Å². The molecule has 2 heterocycles. The van der Waals surface area contributed by atoms with Crippen molar-refractivity contribution in [2.45, 2.75) is 4.90 Å². The molecule has 0 atom stereocenters. The number of anilines is 1. The van der Waals surface area contributed by atoms with Gasteiger partial charge in [-0.1, -0.05) is 0 Å². The van der Waals surface area contributed by atoms with Crippen LogP contribution in [0.4, 0.5) is 5.69 Å². The van der Waals surface area contributed by atoms with Crippen molar-refractivity contribution < 1.29 is 18.3 Å². The second-order valence-corrected chi connectivity index (χ2v) is 6.35. The molecule has 2 aromatic heterocycles. The average molecular weight is 329 g/mol. The largest absolute Gasteiger partial charge is 0.478 e. The van der Waals surface area contributed by atoms with E-state index in [1.165, 1.54) is 42.9 Å². The van der Waals surface area contributed by atoms with Gasteiger partial charge in [-0.25, -0.2) is 13.2 Å². The molecule has 2 N–H and O–H groups in total. The first kappa shape index (κ1) is 14.9. The summed E-state index contributed by atoms with van der Waals surface area (Å²) < 4.78 is 27.4. The number of rotatable bonds is 4. The number of fused-ring (bicyclic) bond motifs is 1. The number of hydrogen-bond donors (Lipinski definition) is 2. The van der Waals surface area contributed by atoms with Gasteiger partial charge in [-0.3, -0.25) is 14.7 Å². The molecule has 0 unspecified atom stereocenters. The monoisotopic (exact) mass is 329 g/mol. The predicted octanol–water partition coefficient (Wildman–Crippen LogP) is 2.13. The number of carboxylic acids is 1. The molecule has 3 aromatic rings. The topological polar surface area (TPSA) is 109 Å². The van der Waals surface area contributed by atoms with Gasteiger partial charge < -0.3 is 5.11 Å². The molecule has 0 saturated carbocycles. The summed E-state index contributed by atoms with van der Waals surface area (Å²) in [7, 11) is -3.90. The normalized spacial score (nSPS) is 11.3. The number of aromatic nitrogens is 2. The number of nitrogens with zero attached hydrogens (tertiary/aromatic N) is 2. The number of nitrogens with one attached hydrogen (secondary N) is 1. The lowest BCUT2D eigenvalue weighted by atomic mass is 10.2. The highest BCUT2D eigenvalue weighted by atomic mass is 32.2. The third kappa shape index (κ3) is 2.97. The number of hydrogen-bond acceptors (Lipinski definition) is 5. The summed E-state index contributed by atoms with van der Waals surface area (Å²) in [6.07, 6.45) is 4.26. The van der Waals surface area contributed by atoms with E-state index in [0.717, 1.165) is 0 Å². The first-order chi connectivity index (χ1) is 11.0. The number of carbonyl (C=O) groups is 1. The summed E-state index contributed by atoms with van der Waals surface area (Å²) in [6.45, 7) is 0. The summed E-state index contributed by atoms with van der Waals surface area (Å²) in [5.41, 5.74) is 0.640. The molecule has 0 aliphatic heterocycles. The molecule has 3 rings (SSSR count). The zero-order valence-electron chi connectivity index (χ0n) is 11.7. The molecule has 0 aliphatic rings. The van der Waals surface area contributed by atoms with Gasteiger partial charge in [0.15, 0.2) is 0 Å². The molecule has 23 heavy (non-hydrogen) atoms. The van der Waals surface area contributed by atoms with Crippen LogP contribution in [0.15, 0.2) is 59.9 Å². The van der Waals surface area contributed by atoms with Gasteiger partial charge in [0.2, 0.25) is 0 Å². The van der Waals surface area contributed by atoms with Gasteiger partial charge in [0.05, 0.1) is 11.1 Å². The molecular weight excluding hydrogens is 318 g/mol. The predicted molar refractivity (Wildman–Crippen MR) is 83.7 cm³/mol. The van der Waals surface area contributed by atoms with Crippen molar-refractivity contribution in [2.75, 3.05) is 4.72 Å². The zero-order valence-corrected chi connectivity index (χ0v) is 12.5. The van der Waals surface area contributed by atoms with Crippen LogP contribution in [-0.4, -0.2) is 29.5 Å². The molecule has 0 fully saturated rings. The smallest absolute Gasteiger partial charge is 0.335 e. The Morgan fingerprint density at radius 1 is 1.09 bits per heavy atom. The Balaban J connectivity index is 1.99. The van der Waals surface area contributed by atoms with E-state index in [1.807, 2.05) is 0 Å². The molecule has 1 aromatic carbocycles. The first-order valence-corrected chi connectivity index (χ1v) is 8.00. The van der Waals surface area contributed by atoms with Crippen molar-refractivity contribution in [2.24, 2.45) is 0 Å². The van der Waals surface area contributed by atoms with Gasteiger partial charge >= 0.3 is 5.97 Å². The number of carboxylic acid groups (broad SMARTS) is 1. The summed E-state index contributed by atoms with van der Waals surface area (Å²) in [6, 6.07) is 8.81. The summed E-state index contributed by atoms with van der Waals surface area (Å²) in [4.78, 5) is 18.8. The average Bonchev–Trinajstić information content (AvgIpc) is 2.54. The molecule has 0 aliphatic carbocycles. The minimum absolute atomic E-state index is 0.0436. The number of benzene rings is 1. The van der Waals surface area contributed by atoms with Crippen LogP contribution in [0.5, 0.6) is 0 Å². The van der Waals surface area contributed by atoms with Crippen molar-refractivity contribution in [1.29, 1.82) is 0 Å². The van der Waals surface area contributed by atoms with Gasteiger partial charge in [0.25, 0.3) is 10.0 Å². The minimum atomic E-state index is -3.90. The fourth-order valence-electron chi connectivity index (χ4n) is 2.06. The second-order valence-electron chi connectivity index (χ2n) is 4.70. The maximum atomic E-state index is 12.5. The lowest BCUT2D eigenvalue weighted by Gasteiger charge is -2.09. The van der Waals surface area contributed by atoms with E-state index >= 15 is 0 Å². The van der Waals surface area contributed by atoms with Gasteiger partial charge in [-0.2, -0.15) is 0 Å². The Bertz CT molecular complexity index is 980. The third-order valence-electron chi connectivity index (χ3n) is 3.15. The molecule has 0 bridgehead atoms. The fraction of sp³-hybridized carbons (Fsp3) is 0. The maximum absolute atomic E-state index is 12.5. The van der Waals surface area contributed by atoms with E-state index in [0.29, 0.717) is 10.9 Å². The van der Waals surface area contributed by atoms with E-state index in [2.05, 4.69) is 14.7 Å². The lowest BCUT2D eigenvalue weighted by molar-refractivity contribution is 0.0697. The Kier molecular flexibility index (Phi) is 3.67. The molecular formula is C15H11N3O4S. The summed E-state index contributed by atoms with van der Waals surface area (Å²) >= 11 is 0. The Morgan fingerprint density at radius 2 is 1.83 bits per heavy atom. The molecule has 0 amide bonds. The number of sulfonamides is 1. The summed E-state index contributed by atoms with van der Waals surface area (Å²) in [5.74, 6) is -1.08. The van der Waals surface area contributed by atoms with Crippen LogP contribution in [0.2, 0.25) is 0 Å². The SMILES string of the molecule is O=C(O)c1ccc(NS(=O)(=O)c2cncc3cccnc23)cc1. The van der Waals surface area contributed by atoms with Crippen molar-refractivity contribution in [3.8, 4) is 0 Å². The van der Waals surface area contributed by atoms with Crippen LogP contribution < -0.4 is 4.72 Å². The highest BCUT2D eigenvalue weighted by Crippen LogP contribution is 2.22. The van der Waals surface area contributed by atoms with Crippen LogP contribution in [0, 0.1) is 0 Å². The molecule has 8 heteroatoms. The number of aromatic carboxylic acids is 1. The van der Waals surface area contributed by atoms with Crippen molar-refractivity contribution in [1.82, 2.24) is 9.97 Å². The first-order valence-electron chi connectivity index (χ1n) is 6.52. The second kappa shape index (κ2) is 5.65. The Labute approximate surface area is 131 Å². The standard InChI is InChI=1S/C15H11N3O4S/c19-15(20)10-3-5-12(6-4-10)18-23(21,22)13-9-16-8-11-2-1-7-17-14(11)13/h1-9,18H,(H,19,20). The third-order valence-corrected chi connectivity index (χ3v) is 4.53. The van der Waals surface area contributed by atoms with E-state index in [9.17, 15) is 13.2 Å². The Morgan fingerprint density at radius 3 is 2.52 bits per heavy atom. The van der Waals surface area contributed by atoms with Crippen LogP contribution >= 0.6 is 0 Å². The molecule has 7 nitrogen and oxygen atoms in total. The van der Waals surface area contributed by atoms with Gasteiger partial charge in [0.1, 0.15) is 4.90 Å². The molecule has 0 saturated heterocycles. The zero-order chi connectivity index (χ0) is 16.4. The fourth-order valence-corrected chi connectivity index (χ4v) is 3.24. The van der Waals surface area contributed by atoms with E-state index in [4.69, 9.17) is 5.11 Å². The van der Waals surface area contributed by atoms with E-state index < -0.39 is 16.0 Å². The summed E-state index contributed by atoms with van der Waals surface area (Å²) in [5, 5.41) is 9.46. The lowest BCUT2D eigenvalue weighted by Crippen LogP contribution is -2.14. The number of pyridine rings is 2. The van der Waals surface area contributed by atoms with Gasteiger partial charge in [-0.15, -0.1) is 0 Å². The van der Waals surface area contributed by atoms with Crippen LogP contribution in [0.1, 0.15) is 10.4 Å². The van der Waals surface area contributed by atoms with Crippen molar-refractivity contribution in [3.63, 3.8) is 0 Å². The molecule has 116 valence electrons.